The molecule has 0 radical (unpaired) electrons. The molecule has 268 valence electrons. The van der Waals surface area contributed by atoms with Gasteiger partial charge >= 0.3 is 0 Å². The zero-order chi connectivity index (χ0) is 38.9. The second-order valence-corrected chi connectivity index (χ2v) is 14.9. The third-order valence-electron chi connectivity index (χ3n) is 10.3. The van der Waals surface area contributed by atoms with Gasteiger partial charge in [-0.1, -0.05) is 59.8 Å². The van der Waals surface area contributed by atoms with Crippen molar-refractivity contribution in [3.63, 3.8) is 0 Å². The molecule has 49 heavy (non-hydrogen) atoms. The maximum Gasteiger partial charge on any atom is 0.289 e. The first kappa shape index (κ1) is 31.1. The van der Waals surface area contributed by atoms with E-state index in [4.69, 9.17) is 5.48 Å². The minimum Gasteiger partial charge on any atom is -0.347 e. The molecule has 3 aliphatic carbocycles. The fraction of sp³-hybridized carbons (Fsp3) is 0.722. The van der Waals surface area contributed by atoms with Gasteiger partial charge in [-0.25, -0.2) is 4.98 Å². The number of amides is 5. The highest BCUT2D eigenvalue weighted by Crippen LogP contribution is 2.43. The van der Waals surface area contributed by atoms with Crippen molar-refractivity contribution in [1.82, 2.24) is 36.1 Å². The highest BCUT2D eigenvalue weighted by molar-refractivity contribution is 6.38. The number of carbonyl (C=O) groups is 6. The topological polar surface area (TPSA) is 180 Å². The van der Waals surface area contributed by atoms with Gasteiger partial charge in [0.25, 0.3) is 11.8 Å². The molecule has 1 unspecified atom stereocenters. The Hall–Kier alpha value is -3.90. The first-order valence-electron chi connectivity index (χ1n) is 19.7. The number of Topliss-reactive ketones (excluding diaryl/α,β-unsaturated/α-hetero) is 1. The van der Waals surface area contributed by atoms with Crippen molar-refractivity contribution in [1.29, 1.82) is 0 Å². The Morgan fingerprint density at radius 2 is 1.69 bits per heavy atom. The molecular formula is C36H53N7O6. The number of fused-ring (bicyclic) bond motifs is 1. The molecular weight excluding hydrogens is 626 g/mol. The van der Waals surface area contributed by atoms with Gasteiger partial charge in [0.15, 0.2) is 0 Å². The standard InChI is InChI=1S/C36H53N7O6/c1-5-10-25(29(44)34(48)39-23-15-16-23)40-33(47)28-24-14-9-13-22(24)20-43(28)35(49)30(36(2,3)4)42-32(46)27(21-11-7-6-8-12-21)41-31(45)26-19-37-17-18-38-26/h17-19,21-25,27-28,30H,5-16,20H2,1-4H3,(H,39,48)(H,40,47)(H,41,45)(H,42,46)/t22-,24-,25?,27-,28-,30+/m0/s1/i15D2,16D2. The maximum absolute atomic E-state index is 14.6. The molecule has 2 heterocycles. The van der Waals surface area contributed by atoms with Crippen molar-refractivity contribution in [2.24, 2.45) is 23.2 Å². The molecule has 1 aromatic heterocycles. The van der Waals surface area contributed by atoms with Gasteiger partial charge in [-0.15, -0.1) is 0 Å². The van der Waals surface area contributed by atoms with Gasteiger partial charge in [0.2, 0.25) is 23.5 Å². The molecule has 13 nitrogen and oxygen atoms in total. The summed E-state index contributed by atoms with van der Waals surface area (Å²) in [6, 6.07) is -5.75. The normalized spacial score (nSPS) is 27.5. The largest absolute Gasteiger partial charge is 0.347 e. The summed E-state index contributed by atoms with van der Waals surface area (Å²) in [5.74, 6) is -4.66. The minimum atomic E-state index is -2.33. The van der Waals surface area contributed by atoms with Crippen molar-refractivity contribution in [3.05, 3.63) is 24.3 Å². The summed E-state index contributed by atoms with van der Waals surface area (Å²) in [5, 5.41) is 10.7. The first-order valence-corrected chi connectivity index (χ1v) is 17.7. The molecule has 4 fully saturated rings. The van der Waals surface area contributed by atoms with Gasteiger partial charge in [-0.3, -0.25) is 33.8 Å². The predicted octanol–water partition coefficient (Wildman–Crippen LogP) is 2.45. The van der Waals surface area contributed by atoms with Gasteiger partial charge in [0, 0.05) is 30.5 Å². The van der Waals surface area contributed by atoms with E-state index in [1.165, 1.54) is 23.5 Å². The highest BCUT2D eigenvalue weighted by atomic mass is 16.2. The van der Waals surface area contributed by atoms with Crippen LogP contribution in [-0.4, -0.2) is 86.9 Å². The Labute approximate surface area is 294 Å². The molecule has 6 atom stereocenters. The molecule has 1 aromatic rings. The van der Waals surface area contributed by atoms with Gasteiger partial charge in [0.1, 0.15) is 23.8 Å². The van der Waals surface area contributed by atoms with Crippen LogP contribution in [0.25, 0.3) is 0 Å². The van der Waals surface area contributed by atoms with Gasteiger partial charge in [-0.2, -0.15) is 0 Å². The summed E-state index contributed by atoms with van der Waals surface area (Å²) in [6.07, 6.45) is 6.63. The lowest BCUT2D eigenvalue weighted by Crippen LogP contribution is -2.62. The van der Waals surface area contributed by atoms with Crippen molar-refractivity contribution in [3.8, 4) is 0 Å². The lowest BCUT2D eigenvalue weighted by atomic mass is 9.82. The van der Waals surface area contributed by atoms with Crippen LogP contribution < -0.4 is 21.3 Å². The highest BCUT2D eigenvalue weighted by Gasteiger charge is 2.52. The Bertz CT molecular complexity index is 1550. The number of hydrogen-bond acceptors (Lipinski definition) is 8. The first-order chi connectivity index (χ1) is 24.9. The minimum absolute atomic E-state index is 0.0234. The molecule has 1 aliphatic heterocycles. The van der Waals surface area contributed by atoms with E-state index in [-0.39, 0.29) is 36.4 Å². The molecule has 4 N–H and O–H groups in total. The van der Waals surface area contributed by atoms with Crippen LogP contribution in [0.15, 0.2) is 18.6 Å². The van der Waals surface area contributed by atoms with Crippen LogP contribution >= 0.6 is 0 Å². The van der Waals surface area contributed by atoms with Gasteiger partial charge < -0.3 is 26.2 Å². The molecule has 4 aliphatic rings. The summed E-state index contributed by atoms with van der Waals surface area (Å²) in [5.41, 5.74) is -0.747. The average Bonchev–Trinajstić information content (AvgIpc) is 3.53. The number of ketones is 1. The average molecular weight is 684 g/mol. The van der Waals surface area contributed by atoms with E-state index >= 15 is 0 Å². The lowest BCUT2D eigenvalue weighted by molar-refractivity contribution is -0.146. The SMILES string of the molecule is [2H]C1([2H])C(NC(=O)C(=O)C(CCC)NC(=O)[C@@H]2[C@H]3CCC[C@H]3CN2C(=O)[C@@H](NC(=O)[C@@H](NC(=O)c2cnccn2)C2CCCCC2)C(C)(C)C)C1([2H])[2H]. The van der Waals surface area contributed by atoms with Gasteiger partial charge in [0.05, 0.1) is 12.2 Å². The zero-order valence-electron chi connectivity index (χ0n) is 32.9. The third-order valence-corrected chi connectivity index (χ3v) is 10.3. The van der Waals surface area contributed by atoms with Crippen LogP contribution in [0.3, 0.4) is 0 Å². The summed E-state index contributed by atoms with van der Waals surface area (Å²) in [7, 11) is 0. The fourth-order valence-electron chi connectivity index (χ4n) is 7.70. The summed E-state index contributed by atoms with van der Waals surface area (Å²) < 4.78 is 31.0. The van der Waals surface area contributed by atoms with E-state index in [1.807, 2.05) is 20.8 Å². The number of nitrogens with one attached hydrogen (secondary N) is 4. The molecule has 0 spiro atoms. The van der Waals surface area contributed by atoms with Gasteiger partial charge in [-0.05, 0) is 68.0 Å². The molecule has 1 saturated heterocycles. The second-order valence-electron chi connectivity index (χ2n) is 14.9. The number of carbonyl (C=O) groups excluding carboxylic acids is 6. The predicted molar refractivity (Wildman–Crippen MR) is 181 cm³/mol. The van der Waals surface area contributed by atoms with Crippen molar-refractivity contribution in [2.75, 3.05) is 6.54 Å². The molecule has 5 rings (SSSR count). The maximum atomic E-state index is 14.6. The Balaban J connectivity index is 1.35. The number of nitrogens with zero attached hydrogens (tertiary/aromatic N) is 3. The fourth-order valence-corrected chi connectivity index (χ4v) is 7.70. The molecule has 0 bridgehead atoms. The molecule has 13 heteroatoms. The van der Waals surface area contributed by atoms with Crippen LogP contribution in [0, 0.1) is 23.2 Å². The van der Waals surface area contributed by atoms with Crippen molar-refractivity contribution in [2.45, 2.75) is 135 Å². The quantitative estimate of drug-likeness (QED) is 0.229. The van der Waals surface area contributed by atoms with E-state index in [9.17, 15) is 28.8 Å². The van der Waals surface area contributed by atoms with Crippen LogP contribution in [0.5, 0.6) is 0 Å². The monoisotopic (exact) mass is 683 g/mol. The van der Waals surface area contributed by atoms with Crippen LogP contribution in [-0.2, 0) is 24.0 Å². The van der Waals surface area contributed by atoms with Crippen molar-refractivity contribution >= 4 is 35.3 Å². The van der Waals surface area contributed by atoms with E-state index in [0.717, 1.165) is 44.9 Å². The van der Waals surface area contributed by atoms with Crippen LogP contribution in [0.2, 0.25) is 0 Å². The Kier molecular flexibility index (Phi) is 10.0. The van der Waals surface area contributed by atoms with E-state index in [0.29, 0.717) is 12.8 Å². The lowest BCUT2D eigenvalue weighted by Gasteiger charge is -2.38. The van der Waals surface area contributed by atoms with Crippen LogP contribution in [0.4, 0.5) is 0 Å². The molecule has 5 amide bonds. The zero-order valence-corrected chi connectivity index (χ0v) is 28.9. The number of hydrogen-bond donors (Lipinski definition) is 4. The number of aromatic nitrogens is 2. The summed E-state index contributed by atoms with van der Waals surface area (Å²) in [4.78, 5) is 91.9. The van der Waals surface area contributed by atoms with Crippen LogP contribution in [0.1, 0.15) is 121 Å². The second kappa shape index (κ2) is 15.8. The molecule has 0 aromatic carbocycles. The Morgan fingerprint density at radius 1 is 0.959 bits per heavy atom. The summed E-state index contributed by atoms with van der Waals surface area (Å²) in [6.45, 7) is 7.49. The van der Waals surface area contributed by atoms with Crippen molar-refractivity contribution < 1.29 is 34.3 Å². The van der Waals surface area contributed by atoms with E-state index < -0.39 is 83.7 Å². The number of likely N-dealkylation sites (tertiary alicyclic amines) is 1. The Morgan fingerprint density at radius 3 is 2.33 bits per heavy atom. The number of rotatable bonds is 13. The van der Waals surface area contributed by atoms with E-state index in [1.54, 1.807) is 6.92 Å². The van der Waals surface area contributed by atoms with E-state index in [2.05, 4.69) is 31.2 Å². The molecule has 3 saturated carbocycles. The smallest absolute Gasteiger partial charge is 0.289 e. The third kappa shape index (κ3) is 8.83. The summed E-state index contributed by atoms with van der Waals surface area (Å²) >= 11 is 0.